The van der Waals surface area contributed by atoms with E-state index in [-0.39, 0.29) is 5.69 Å². The van der Waals surface area contributed by atoms with Crippen molar-refractivity contribution in [1.82, 2.24) is 5.16 Å². The molecule has 1 aromatic heterocycles. The largest absolute Gasteiger partial charge is 0.386 e. The van der Waals surface area contributed by atoms with Crippen LogP contribution in [0.25, 0.3) is 0 Å². The average molecular weight is 128 g/mol. The third-order valence-corrected chi connectivity index (χ3v) is 0.937. The summed E-state index contributed by atoms with van der Waals surface area (Å²) < 4.78 is 4.21. The van der Waals surface area contributed by atoms with Crippen molar-refractivity contribution in [3.05, 3.63) is 21.0 Å². The topological polar surface area (TPSA) is 75.4 Å². The molecule has 0 saturated heterocycles. The van der Waals surface area contributed by atoms with E-state index in [1.165, 1.54) is 6.92 Å². The molecule has 0 bridgehead atoms. The third-order valence-electron chi connectivity index (χ3n) is 0.937. The van der Waals surface area contributed by atoms with E-state index in [4.69, 9.17) is 0 Å². The van der Waals surface area contributed by atoms with E-state index in [0.717, 1.165) is 0 Å². The average Bonchev–Trinajstić information content (AvgIpc) is 2.12. The molecule has 0 radical (unpaired) electrons. The first-order valence-corrected chi connectivity index (χ1v) is 2.27. The van der Waals surface area contributed by atoms with Gasteiger partial charge >= 0.3 is 5.63 Å². The molecule has 0 aliphatic heterocycles. The molecule has 5 heteroatoms. The normalized spacial score (nSPS) is 9.44. The van der Waals surface area contributed by atoms with Crippen molar-refractivity contribution in [3.8, 4) is 0 Å². The lowest BCUT2D eigenvalue weighted by atomic mass is 10.4. The van der Waals surface area contributed by atoms with Crippen LogP contribution in [0.15, 0.2) is 14.5 Å². The number of nitrogens with zero attached hydrogens (tertiary/aromatic N) is 1. The van der Waals surface area contributed by atoms with Crippen molar-refractivity contribution in [2.24, 2.45) is 5.18 Å². The molecular formula is C4H4N2O3. The van der Waals surface area contributed by atoms with E-state index in [1.807, 2.05) is 0 Å². The van der Waals surface area contributed by atoms with Gasteiger partial charge in [0, 0.05) is 0 Å². The van der Waals surface area contributed by atoms with E-state index >= 15 is 0 Å². The number of nitroso groups, excluding NO2 is 1. The summed E-state index contributed by atoms with van der Waals surface area (Å²) in [6.45, 7) is 1.53. The lowest BCUT2D eigenvalue weighted by Gasteiger charge is -1.73. The monoisotopic (exact) mass is 128 g/mol. The lowest BCUT2D eigenvalue weighted by Crippen LogP contribution is -1.88. The molecule has 0 aliphatic carbocycles. The Kier molecular flexibility index (Phi) is 1.18. The fourth-order valence-electron chi connectivity index (χ4n) is 0.478. The number of aryl methyl sites for hydroxylation is 1. The first-order valence-electron chi connectivity index (χ1n) is 2.27. The SMILES string of the molecule is Cc1[nH]oc(=O)c1N=O. The van der Waals surface area contributed by atoms with Gasteiger partial charge < -0.3 is 4.52 Å². The van der Waals surface area contributed by atoms with Gasteiger partial charge in [0.05, 0.1) is 5.69 Å². The molecule has 1 rings (SSSR count). The van der Waals surface area contributed by atoms with Crippen LogP contribution in [0.3, 0.4) is 0 Å². The van der Waals surface area contributed by atoms with Crippen molar-refractivity contribution in [1.29, 1.82) is 0 Å². The summed E-state index contributed by atoms with van der Waals surface area (Å²) >= 11 is 0. The van der Waals surface area contributed by atoms with Crippen molar-refractivity contribution in [2.75, 3.05) is 0 Å². The van der Waals surface area contributed by atoms with Gasteiger partial charge in [-0.25, -0.2) is 9.95 Å². The van der Waals surface area contributed by atoms with E-state index in [0.29, 0.717) is 5.69 Å². The van der Waals surface area contributed by atoms with Crippen LogP contribution in [0.2, 0.25) is 0 Å². The number of hydrogen-bond donors (Lipinski definition) is 1. The first kappa shape index (κ1) is 5.74. The van der Waals surface area contributed by atoms with Crippen LogP contribution in [0.5, 0.6) is 0 Å². The molecule has 5 nitrogen and oxygen atoms in total. The van der Waals surface area contributed by atoms with Crippen LogP contribution >= 0.6 is 0 Å². The summed E-state index contributed by atoms with van der Waals surface area (Å²) in [6.07, 6.45) is 0. The van der Waals surface area contributed by atoms with Crippen molar-refractivity contribution in [3.63, 3.8) is 0 Å². The van der Waals surface area contributed by atoms with Crippen LogP contribution in [-0.2, 0) is 0 Å². The predicted molar refractivity (Wildman–Crippen MR) is 29.5 cm³/mol. The summed E-state index contributed by atoms with van der Waals surface area (Å²) in [5.74, 6) is 0. The second-order valence-corrected chi connectivity index (χ2v) is 1.56. The molecule has 1 heterocycles. The van der Waals surface area contributed by atoms with Gasteiger partial charge in [-0.3, -0.25) is 0 Å². The number of aromatic nitrogens is 1. The molecule has 9 heavy (non-hydrogen) atoms. The number of nitrogens with one attached hydrogen (secondary N) is 1. The molecule has 0 atom stereocenters. The molecule has 48 valence electrons. The number of H-pyrrole nitrogens is 1. The van der Waals surface area contributed by atoms with Gasteiger partial charge in [0.2, 0.25) is 5.69 Å². The number of rotatable bonds is 1. The Hall–Kier alpha value is -1.39. The van der Waals surface area contributed by atoms with Crippen molar-refractivity contribution >= 4 is 5.69 Å². The highest BCUT2D eigenvalue weighted by atomic mass is 16.5. The highest BCUT2D eigenvalue weighted by molar-refractivity contribution is 5.36. The van der Waals surface area contributed by atoms with Gasteiger partial charge in [0.25, 0.3) is 0 Å². The first-order chi connectivity index (χ1) is 4.25. The molecular weight excluding hydrogens is 124 g/mol. The predicted octanol–water partition coefficient (Wildman–Crippen LogP) is 0.674. The maximum Gasteiger partial charge on any atom is 0.386 e. The smallest absolute Gasteiger partial charge is 0.336 e. The van der Waals surface area contributed by atoms with Gasteiger partial charge in [-0.15, -0.1) is 4.91 Å². The lowest BCUT2D eigenvalue weighted by molar-refractivity contribution is 0.388. The Balaban J connectivity index is 3.40. The summed E-state index contributed by atoms with van der Waals surface area (Å²) in [4.78, 5) is 20.2. The molecule has 1 N–H and O–H groups in total. The summed E-state index contributed by atoms with van der Waals surface area (Å²) in [5.41, 5.74) is -0.549. The zero-order chi connectivity index (χ0) is 6.85. The zero-order valence-electron chi connectivity index (χ0n) is 4.67. The molecule has 0 unspecified atom stereocenters. The van der Waals surface area contributed by atoms with E-state index in [9.17, 15) is 9.70 Å². The second kappa shape index (κ2) is 1.85. The maximum absolute atomic E-state index is 10.4. The van der Waals surface area contributed by atoms with Gasteiger partial charge in [-0.1, -0.05) is 0 Å². The Bertz CT molecular complexity index is 272. The van der Waals surface area contributed by atoms with E-state index in [1.54, 1.807) is 0 Å². The fraction of sp³-hybridized carbons (Fsp3) is 0.250. The standard InChI is InChI=1S/C4H4N2O3/c1-2-3(5-8)4(7)9-6-2/h6H,1H3. The van der Waals surface area contributed by atoms with Crippen LogP contribution in [0, 0.1) is 11.8 Å². The Morgan fingerprint density at radius 1 is 1.67 bits per heavy atom. The third kappa shape index (κ3) is 0.758. The zero-order valence-corrected chi connectivity index (χ0v) is 4.67. The summed E-state index contributed by atoms with van der Waals surface area (Å²) in [6, 6.07) is 0. The van der Waals surface area contributed by atoms with Crippen LogP contribution in [0.4, 0.5) is 5.69 Å². The van der Waals surface area contributed by atoms with E-state index in [2.05, 4.69) is 14.9 Å². The van der Waals surface area contributed by atoms with Gasteiger partial charge in [0.1, 0.15) is 0 Å². The minimum Gasteiger partial charge on any atom is -0.336 e. The van der Waals surface area contributed by atoms with Crippen LogP contribution in [0.1, 0.15) is 5.69 Å². The molecule has 0 saturated carbocycles. The highest BCUT2D eigenvalue weighted by Gasteiger charge is 2.06. The van der Waals surface area contributed by atoms with Gasteiger partial charge in [-0.05, 0) is 12.1 Å². The minimum absolute atomic E-state index is 0.185. The van der Waals surface area contributed by atoms with Crippen LogP contribution < -0.4 is 5.63 Å². The summed E-state index contributed by atoms with van der Waals surface area (Å²) in [7, 11) is 0. The quantitative estimate of drug-likeness (QED) is 0.565. The van der Waals surface area contributed by atoms with E-state index < -0.39 is 5.63 Å². The summed E-state index contributed by atoms with van der Waals surface area (Å²) in [5, 5.41) is 4.65. The molecule has 0 aliphatic rings. The van der Waals surface area contributed by atoms with Crippen molar-refractivity contribution in [2.45, 2.75) is 6.92 Å². The number of hydrogen-bond acceptors (Lipinski definition) is 4. The molecule has 0 fully saturated rings. The molecule has 1 aromatic rings. The van der Waals surface area contributed by atoms with Crippen molar-refractivity contribution < 1.29 is 4.52 Å². The molecule has 0 spiro atoms. The maximum atomic E-state index is 10.4. The minimum atomic E-state index is -0.720. The Morgan fingerprint density at radius 3 is 2.56 bits per heavy atom. The Labute approximate surface area is 49.6 Å². The molecule has 0 amide bonds. The molecule has 0 aromatic carbocycles. The number of aromatic amines is 1. The highest BCUT2D eigenvalue weighted by Crippen LogP contribution is 2.07. The van der Waals surface area contributed by atoms with Crippen LogP contribution in [-0.4, -0.2) is 5.16 Å². The second-order valence-electron chi connectivity index (χ2n) is 1.56. The van der Waals surface area contributed by atoms with Gasteiger partial charge in [-0.2, -0.15) is 0 Å². The van der Waals surface area contributed by atoms with Gasteiger partial charge in [0.15, 0.2) is 0 Å². The Morgan fingerprint density at radius 2 is 2.33 bits per heavy atom. The fourth-order valence-corrected chi connectivity index (χ4v) is 0.478.